The summed E-state index contributed by atoms with van der Waals surface area (Å²) in [7, 11) is -3.25. The second-order valence-electron chi connectivity index (χ2n) is 3.76. The Kier molecular flexibility index (Phi) is 4.49. The zero-order chi connectivity index (χ0) is 14.6. The van der Waals surface area contributed by atoms with Crippen LogP contribution in [0.3, 0.4) is 0 Å². The third kappa shape index (κ3) is 3.04. The molecule has 0 spiro atoms. The average molecular weight is 297 g/mol. The fourth-order valence-electron chi connectivity index (χ4n) is 1.62. The Morgan fingerprint density at radius 2 is 2.00 bits per heavy atom. The van der Waals surface area contributed by atoms with Gasteiger partial charge in [-0.3, -0.25) is 9.13 Å². The Morgan fingerprint density at radius 3 is 2.65 bits per heavy atom. The van der Waals surface area contributed by atoms with Gasteiger partial charge in [-0.25, -0.2) is 15.0 Å². The molecule has 2 N–H and O–H groups in total. The molecule has 0 unspecified atom stereocenters. The minimum absolute atomic E-state index is 0.292. The summed E-state index contributed by atoms with van der Waals surface area (Å²) in [4.78, 5) is 12.0. The second kappa shape index (κ2) is 6.13. The second-order valence-corrected chi connectivity index (χ2v) is 5.65. The van der Waals surface area contributed by atoms with Gasteiger partial charge in [-0.15, -0.1) is 0 Å². The van der Waals surface area contributed by atoms with Gasteiger partial charge in [-0.05, 0) is 13.8 Å². The summed E-state index contributed by atoms with van der Waals surface area (Å²) in [6.07, 6.45) is 4.39. The number of anilines is 1. The highest BCUT2D eigenvalue weighted by Crippen LogP contribution is 2.49. The number of nitrogens with two attached hydrogens (primary N) is 1. The van der Waals surface area contributed by atoms with Crippen LogP contribution < -0.4 is 5.73 Å². The van der Waals surface area contributed by atoms with Crippen LogP contribution in [0.15, 0.2) is 18.5 Å². The van der Waals surface area contributed by atoms with E-state index < -0.39 is 7.60 Å². The van der Waals surface area contributed by atoms with E-state index in [1.807, 2.05) is 0 Å². The summed E-state index contributed by atoms with van der Waals surface area (Å²) in [5.74, 6) is 1.67. The number of hydrogen-bond acceptors (Lipinski definition) is 7. The Balaban J connectivity index is 2.33. The van der Waals surface area contributed by atoms with E-state index in [0.29, 0.717) is 30.2 Å². The molecule has 0 radical (unpaired) electrons. The molecule has 0 aromatic carbocycles. The molecule has 0 saturated carbocycles. The summed E-state index contributed by atoms with van der Waals surface area (Å²) in [6.45, 7) is 4.09. The Labute approximate surface area is 116 Å². The highest BCUT2D eigenvalue weighted by molar-refractivity contribution is 7.57. The van der Waals surface area contributed by atoms with E-state index in [-0.39, 0.29) is 0 Å². The molecule has 2 aromatic heterocycles. The number of aromatic nitrogens is 4. The zero-order valence-electron chi connectivity index (χ0n) is 11.3. The maximum atomic E-state index is 12.3. The topological polar surface area (TPSA) is 105 Å². The first-order valence-corrected chi connectivity index (χ1v) is 7.72. The van der Waals surface area contributed by atoms with Gasteiger partial charge in [0.1, 0.15) is 12.7 Å². The quantitative estimate of drug-likeness (QED) is 0.814. The third-order valence-corrected chi connectivity index (χ3v) is 4.15. The van der Waals surface area contributed by atoms with Crippen LogP contribution in [0.4, 0.5) is 5.82 Å². The summed E-state index contributed by atoms with van der Waals surface area (Å²) >= 11 is 0. The van der Waals surface area contributed by atoms with Crippen molar-refractivity contribution in [2.24, 2.45) is 0 Å². The van der Waals surface area contributed by atoms with Gasteiger partial charge in [-0.2, -0.15) is 0 Å². The van der Waals surface area contributed by atoms with Crippen molar-refractivity contribution in [2.75, 3.05) is 18.9 Å². The molecular formula is C11H16N5O3P. The number of fused-ring (bicyclic) bond motifs is 1. The molecule has 0 aliphatic rings. The molecule has 9 heteroatoms. The fourth-order valence-corrected chi connectivity index (χ4v) is 2.89. The van der Waals surface area contributed by atoms with Crippen LogP contribution in [0.25, 0.3) is 17.4 Å². The molecule has 2 aromatic rings. The average Bonchev–Trinajstić information content (AvgIpc) is 2.82. The smallest absolute Gasteiger partial charge is 0.355 e. The van der Waals surface area contributed by atoms with Crippen LogP contribution in [-0.2, 0) is 13.6 Å². The molecule has 0 saturated heterocycles. The predicted molar refractivity (Wildman–Crippen MR) is 75.9 cm³/mol. The first kappa shape index (κ1) is 14.6. The molecule has 0 aliphatic heterocycles. The number of nitrogens with zero attached hydrogens (tertiary/aromatic N) is 4. The van der Waals surface area contributed by atoms with E-state index in [1.165, 1.54) is 24.7 Å². The van der Waals surface area contributed by atoms with Crippen LogP contribution in [0, 0.1) is 0 Å². The summed E-state index contributed by atoms with van der Waals surface area (Å²) in [5, 5.41) is 0. The maximum Gasteiger partial charge on any atom is 0.355 e. The molecule has 0 fully saturated rings. The zero-order valence-corrected chi connectivity index (χ0v) is 12.2. The largest absolute Gasteiger partial charge is 0.382 e. The van der Waals surface area contributed by atoms with Gasteiger partial charge in [0.25, 0.3) is 0 Å². The first-order chi connectivity index (χ1) is 9.59. The molecular weight excluding hydrogens is 281 g/mol. The monoisotopic (exact) mass is 297 g/mol. The number of nitrogen functional groups attached to an aromatic ring is 1. The van der Waals surface area contributed by atoms with Gasteiger partial charge in [0.15, 0.2) is 17.0 Å². The fraction of sp³-hybridized carbons (Fsp3) is 0.364. The summed E-state index contributed by atoms with van der Waals surface area (Å²) in [6, 6.07) is 0. The highest BCUT2D eigenvalue weighted by Gasteiger charge is 2.19. The van der Waals surface area contributed by atoms with E-state index in [4.69, 9.17) is 14.8 Å². The summed E-state index contributed by atoms with van der Waals surface area (Å²) in [5.41, 5.74) is 6.70. The van der Waals surface area contributed by atoms with Crippen LogP contribution >= 0.6 is 7.60 Å². The third-order valence-electron chi connectivity index (χ3n) is 2.42. The predicted octanol–water partition coefficient (Wildman–Crippen LogP) is 2.10. The van der Waals surface area contributed by atoms with E-state index in [1.54, 1.807) is 18.4 Å². The van der Waals surface area contributed by atoms with Crippen molar-refractivity contribution in [1.82, 2.24) is 19.5 Å². The van der Waals surface area contributed by atoms with Gasteiger partial charge in [0.05, 0.1) is 13.2 Å². The molecule has 108 valence electrons. The molecule has 2 heterocycles. The van der Waals surface area contributed by atoms with Gasteiger partial charge in [0, 0.05) is 12.0 Å². The number of hydrogen-bond donors (Lipinski definition) is 1. The number of rotatable bonds is 6. The van der Waals surface area contributed by atoms with Gasteiger partial charge in [-0.1, -0.05) is 0 Å². The van der Waals surface area contributed by atoms with Gasteiger partial charge >= 0.3 is 7.60 Å². The minimum Gasteiger partial charge on any atom is -0.382 e. The van der Waals surface area contributed by atoms with Crippen molar-refractivity contribution in [3.8, 4) is 0 Å². The molecule has 8 nitrogen and oxygen atoms in total. The van der Waals surface area contributed by atoms with Crippen molar-refractivity contribution in [2.45, 2.75) is 13.8 Å². The van der Waals surface area contributed by atoms with E-state index in [0.717, 1.165) is 0 Å². The maximum absolute atomic E-state index is 12.3. The van der Waals surface area contributed by atoms with E-state index in [9.17, 15) is 4.57 Å². The van der Waals surface area contributed by atoms with Crippen LogP contribution in [-0.4, -0.2) is 32.7 Å². The van der Waals surface area contributed by atoms with Gasteiger partial charge in [0.2, 0.25) is 0 Å². The molecule has 0 aliphatic carbocycles. The lowest BCUT2D eigenvalue weighted by molar-refractivity contribution is 0.229. The SMILES string of the molecule is CCOP(=O)(/C=C/n1cnc2c(N)ncnc21)OCC. The molecule has 0 atom stereocenters. The van der Waals surface area contributed by atoms with Crippen molar-refractivity contribution < 1.29 is 13.6 Å². The van der Waals surface area contributed by atoms with E-state index in [2.05, 4.69) is 15.0 Å². The molecule has 0 bridgehead atoms. The normalized spacial score (nSPS) is 12.5. The lowest BCUT2D eigenvalue weighted by Crippen LogP contribution is -1.95. The van der Waals surface area contributed by atoms with Crippen molar-refractivity contribution in [3.63, 3.8) is 0 Å². The van der Waals surface area contributed by atoms with Crippen LogP contribution in [0.2, 0.25) is 0 Å². The lowest BCUT2D eigenvalue weighted by atomic mass is 10.5. The molecule has 2 rings (SSSR count). The molecule has 0 amide bonds. The van der Waals surface area contributed by atoms with Crippen molar-refractivity contribution >= 4 is 30.8 Å². The van der Waals surface area contributed by atoms with Crippen LogP contribution in [0.5, 0.6) is 0 Å². The first-order valence-electron chi connectivity index (χ1n) is 6.10. The Morgan fingerprint density at radius 1 is 1.30 bits per heavy atom. The van der Waals surface area contributed by atoms with Gasteiger partial charge < -0.3 is 14.8 Å². The highest BCUT2D eigenvalue weighted by atomic mass is 31.2. The minimum atomic E-state index is -3.25. The standard InChI is InChI=1S/C11H16N5O3P/c1-3-18-20(17,19-4-2)6-5-16-8-15-9-10(12)13-7-14-11(9)16/h5-8H,3-4H2,1-2H3,(H2,12,13,14)/b6-5+. The summed E-state index contributed by atoms with van der Waals surface area (Å²) < 4.78 is 24.2. The number of imidazole rings is 1. The van der Waals surface area contributed by atoms with E-state index >= 15 is 0 Å². The Hall–Kier alpha value is -1.76. The Bertz CT molecular complexity index is 659. The molecule has 20 heavy (non-hydrogen) atoms. The van der Waals surface area contributed by atoms with Crippen molar-refractivity contribution in [1.29, 1.82) is 0 Å². The van der Waals surface area contributed by atoms with Crippen molar-refractivity contribution in [3.05, 3.63) is 18.5 Å². The van der Waals surface area contributed by atoms with Crippen LogP contribution in [0.1, 0.15) is 13.8 Å². The lowest BCUT2D eigenvalue weighted by Gasteiger charge is -2.12.